The van der Waals surface area contributed by atoms with E-state index in [2.05, 4.69) is 30.6 Å². The van der Waals surface area contributed by atoms with Crippen molar-refractivity contribution < 1.29 is 19.0 Å². The molecule has 2 unspecified atom stereocenters. The normalized spacial score (nSPS) is 24.1. The van der Waals surface area contributed by atoms with Crippen LogP contribution in [0.5, 0.6) is 5.75 Å². The molecule has 0 amide bonds. The summed E-state index contributed by atoms with van der Waals surface area (Å²) in [5.74, 6) is 1.63. The van der Waals surface area contributed by atoms with Gasteiger partial charge in [-0.05, 0) is 118 Å². The number of hydrogen-bond acceptors (Lipinski definition) is 5. The summed E-state index contributed by atoms with van der Waals surface area (Å²) in [6.07, 6.45) is 12.3. The Labute approximate surface area is 222 Å². The summed E-state index contributed by atoms with van der Waals surface area (Å²) >= 11 is 0. The molecule has 5 heteroatoms. The molecule has 5 rings (SSSR count). The Bertz CT molecular complexity index is 1010. The molecular weight excluding hydrogens is 462 g/mol. The summed E-state index contributed by atoms with van der Waals surface area (Å²) in [4.78, 5) is 12.8. The number of ether oxygens (including phenoxy) is 3. The van der Waals surface area contributed by atoms with Gasteiger partial charge in [-0.25, -0.2) is 0 Å². The first-order valence-corrected chi connectivity index (χ1v) is 14.4. The number of likely N-dealkylation sites (N-methyl/N-ethyl adjacent to an activating group) is 1. The van der Waals surface area contributed by atoms with E-state index in [0.717, 1.165) is 69.5 Å². The van der Waals surface area contributed by atoms with Crippen molar-refractivity contribution in [3.63, 3.8) is 0 Å². The van der Waals surface area contributed by atoms with Gasteiger partial charge in [0.15, 0.2) is 5.78 Å². The molecule has 2 fully saturated rings. The summed E-state index contributed by atoms with van der Waals surface area (Å²) in [6.45, 7) is 2.34. The Morgan fingerprint density at radius 2 is 1.78 bits per heavy atom. The second kappa shape index (κ2) is 13.0. The lowest BCUT2D eigenvalue weighted by molar-refractivity contribution is 0.0679. The maximum absolute atomic E-state index is 12.8. The molecule has 0 radical (unpaired) electrons. The van der Waals surface area contributed by atoms with Crippen LogP contribution in [-0.4, -0.2) is 50.9 Å². The van der Waals surface area contributed by atoms with Gasteiger partial charge in [0.1, 0.15) is 12.4 Å². The largest absolute Gasteiger partial charge is 0.491 e. The van der Waals surface area contributed by atoms with E-state index in [0.29, 0.717) is 31.1 Å². The van der Waals surface area contributed by atoms with Crippen LogP contribution in [0.4, 0.5) is 0 Å². The van der Waals surface area contributed by atoms with Gasteiger partial charge in [0.2, 0.25) is 0 Å². The third-order valence-corrected chi connectivity index (χ3v) is 8.48. The first kappa shape index (κ1) is 26.4. The van der Waals surface area contributed by atoms with Crippen LogP contribution in [0.3, 0.4) is 0 Å². The van der Waals surface area contributed by atoms with Gasteiger partial charge in [-0.3, -0.25) is 4.79 Å². The predicted molar refractivity (Wildman–Crippen MR) is 147 cm³/mol. The Morgan fingerprint density at radius 3 is 2.51 bits per heavy atom. The van der Waals surface area contributed by atoms with Crippen LogP contribution in [0.2, 0.25) is 0 Å². The molecule has 2 aliphatic heterocycles. The minimum atomic E-state index is 0.204. The molecular formula is C32H43NO4. The van der Waals surface area contributed by atoms with Crippen molar-refractivity contribution in [2.24, 2.45) is 5.92 Å². The number of aryl methyl sites for hydroxylation is 1. The predicted octanol–water partition coefficient (Wildman–Crippen LogP) is 5.71. The zero-order chi connectivity index (χ0) is 25.5. The summed E-state index contributed by atoms with van der Waals surface area (Å²) < 4.78 is 17.3. The van der Waals surface area contributed by atoms with Crippen molar-refractivity contribution in [3.8, 4) is 5.75 Å². The van der Waals surface area contributed by atoms with E-state index in [-0.39, 0.29) is 11.9 Å². The maximum atomic E-state index is 12.8. The standard InChI is InChI=1S/C32H43NO4/c1-33-28(21-30-4-2-16-35-30)20-24-7-10-26-18-23(6-9-27(26)19-24)8-15-32(34)25-11-13-29(14-12-25)37-22-31-5-3-17-36-31/h7,10-14,19,23,28,30-31,33H,2-6,8-9,15-18,20-22H2,1H3/t23-,28?,30?,31+/m1/s1. The Morgan fingerprint density at radius 1 is 1.00 bits per heavy atom. The number of nitrogens with one attached hydrogen (secondary N) is 1. The Balaban J connectivity index is 1.07. The van der Waals surface area contributed by atoms with E-state index in [4.69, 9.17) is 14.2 Å². The topological polar surface area (TPSA) is 56.8 Å². The molecule has 5 nitrogen and oxygen atoms in total. The minimum absolute atomic E-state index is 0.204. The van der Waals surface area contributed by atoms with Crippen LogP contribution < -0.4 is 10.1 Å². The lowest BCUT2D eigenvalue weighted by Crippen LogP contribution is -2.31. The average molecular weight is 506 g/mol. The van der Waals surface area contributed by atoms with Crippen molar-refractivity contribution in [1.82, 2.24) is 5.32 Å². The van der Waals surface area contributed by atoms with Crippen molar-refractivity contribution in [3.05, 3.63) is 64.7 Å². The van der Waals surface area contributed by atoms with Gasteiger partial charge in [0.25, 0.3) is 0 Å². The molecule has 1 aliphatic carbocycles. The number of rotatable bonds is 12. The van der Waals surface area contributed by atoms with E-state index in [1.54, 1.807) is 0 Å². The Hall–Kier alpha value is -2.21. The van der Waals surface area contributed by atoms with Gasteiger partial charge in [0.05, 0.1) is 12.2 Å². The molecule has 37 heavy (non-hydrogen) atoms. The first-order valence-electron chi connectivity index (χ1n) is 14.4. The van der Waals surface area contributed by atoms with E-state index in [1.165, 1.54) is 36.0 Å². The third kappa shape index (κ3) is 7.43. The van der Waals surface area contributed by atoms with Gasteiger partial charge < -0.3 is 19.5 Å². The summed E-state index contributed by atoms with van der Waals surface area (Å²) in [7, 11) is 2.07. The highest BCUT2D eigenvalue weighted by atomic mass is 16.5. The minimum Gasteiger partial charge on any atom is -0.491 e. The number of ketones is 1. The first-order chi connectivity index (χ1) is 18.2. The summed E-state index contributed by atoms with van der Waals surface area (Å²) in [5.41, 5.74) is 5.19. The molecule has 0 aromatic heterocycles. The van der Waals surface area contributed by atoms with Crippen molar-refractivity contribution in [2.75, 3.05) is 26.9 Å². The number of benzene rings is 2. The smallest absolute Gasteiger partial charge is 0.162 e. The van der Waals surface area contributed by atoms with Gasteiger partial charge >= 0.3 is 0 Å². The van der Waals surface area contributed by atoms with E-state index in [1.807, 2.05) is 24.3 Å². The van der Waals surface area contributed by atoms with Crippen molar-refractivity contribution in [1.29, 1.82) is 0 Å². The fraction of sp³-hybridized carbons (Fsp3) is 0.594. The zero-order valence-corrected chi connectivity index (χ0v) is 22.4. The van der Waals surface area contributed by atoms with Crippen LogP contribution in [-0.2, 0) is 28.7 Å². The molecule has 0 bridgehead atoms. The summed E-state index contributed by atoms with van der Waals surface area (Å²) in [6, 6.07) is 15.2. The quantitative estimate of drug-likeness (QED) is 0.374. The molecule has 0 saturated carbocycles. The second-order valence-corrected chi connectivity index (χ2v) is 11.2. The number of carbonyl (C=O) groups is 1. The SMILES string of the molecule is CNC(Cc1ccc2c(c1)CC[C@H](CCC(=O)c1ccc(OC[C@@H]3CCCO3)cc1)C2)CC1CCCO1. The number of carbonyl (C=O) groups excluding carboxylic acids is 1. The fourth-order valence-electron chi connectivity index (χ4n) is 6.17. The molecule has 2 aromatic carbocycles. The van der Waals surface area contributed by atoms with E-state index >= 15 is 0 Å². The molecule has 0 spiro atoms. The Kier molecular flexibility index (Phi) is 9.30. The second-order valence-electron chi connectivity index (χ2n) is 11.2. The van der Waals surface area contributed by atoms with Crippen LogP contribution in [0, 0.1) is 5.92 Å². The highest BCUT2D eigenvalue weighted by molar-refractivity contribution is 5.96. The summed E-state index contributed by atoms with van der Waals surface area (Å²) in [5, 5.41) is 3.50. The number of Topliss-reactive ketones (excluding diaryl/α,β-unsaturated/α-hetero) is 1. The zero-order valence-electron chi connectivity index (χ0n) is 22.4. The van der Waals surface area contributed by atoms with Crippen LogP contribution in [0.25, 0.3) is 0 Å². The van der Waals surface area contributed by atoms with E-state index in [9.17, 15) is 4.79 Å². The maximum Gasteiger partial charge on any atom is 0.162 e. The molecule has 2 aromatic rings. The number of hydrogen-bond donors (Lipinski definition) is 1. The van der Waals surface area contributed by atoms with Crippen LogP contribution in [0.15, 0.2) is 42.5 Å². The molecule has 200 valence electrons. The molecule has 4 atom stereocenters. The monoisotopic (exact) mass is 505 g/mol. The van der Waals surface area contributed by atoms with Gasteiger partial charge in [-0.15, -0.1) is 0 Å². The van der Waals surface area contributed by atoms with Gasteiger partial charge in [0, 0.05) is 31.2 Å². The van der Waals surface area contributed by atoms with Crippen molar-refractivity contribution >= 4 is 5.78 Å². The highest BCUT2D eigenvalue weighted by Gasteiger charge is 2.23. The molecule has 3 aliphatic rings. The highest BCUT2D eigenvalue weighted by Crippen LogP contribution is 2.30. The number of fused-ring (bicyclic) bond motifs is 1. The third-order valence-electron chi connectivity index (χ3n) is 8.48. The van der Waals surface area contributed by atoms with Crippen molar-refractivity contribution in [2.45, 2.75) is 88.9 Å². The lowest BCUT2D eigenvalue weighted by atomic mass is 9.80. The fourth-order valence-corrected chi connectivity index (χ4v) is 6.17. The molecule has 1 N–H and O–H groups in total. The molecule has 2 saturated heterocycles. The molecule has 2 heterocycles. The van der Waals surface area contributed by atoms with Crippen LogP contribution in [0.1, 0.15) is 78.4 Å². The van der Waals surface area contributed by atoms with Gasteiger partial charge in [-0.2, -0.15) is 0 Å². The lowest BCUT2D eigenvalue weighted by Gasteiger charge is -2.26. The average Bonchev–Trinajstić information content (AvgIpc) is 3.65. The van der Waals surface area contributed by atoms with E-state index < -0.39 is 0 Å². The van der Waals surface area contributed by atoms with Gasteiger partial charge in [-0.1, -0.05) is 18.2 Å². The van der Waals surface area contributed by atoms with Crippen LogP contribution >= 0.6 is 0 Å².